The normalized spacial score (nSPS) is 9.96. The summed E-state index contributed by atoms with van der Waals surface area (Å²) in [6.07, 6.45) is 0.844. The van der Waals surface area contributed by atoms with E-state index in [1.54, 1.807) is 0 Å². The standard InChI is InChI=1S/C13H14F2N4O2.C2H6/c1-19-13(21)17-11(18-19)12(20)16-6-2-3-8-4-5-9(14)7-10(8)15;1-2/h4-5,7H,2-3,6H2,1H3,(H,16,20)(H,17,18,21);1-2H3. The molecule has 0 unspecified atom stereocenters. The van der Waals surface area contributed by atoms with E-state index in [0.717, 1.165) is 10.7 Å². The Kier molecular flexibility index (Phi) is 7.11. The number of nitrogens with zero attached hydrogens (tertiary/aromatic N) is 2. The lowest BCUT2D eigenvalue weighted by atomic mass is 10.1. The molecule has 2 rings (SSSR count). The van der Waals surface area contributed by atoms with E-state index in [4.69, 9.17) is 0 Å². The molecule has 0 radical (unpaired) electrons. The third kappa shape index (κ3) is 5.32. The summed E-state index contributed by atoms with van der Waals surface area (Å²) >= 11 is 0. The number of amides is 1. The summed E-state index contributed by atoms with van der Waals surface area (Å²) in [5.41, 5.74) is -0.0922. The van der Waals surface area contributed by atoms with Crippen LogP contribution in [0, 0.1) is 11.6 Å². The minimum atomic E-state index is -0.622. The van der Waals surface area contributed by atoms with Gasteiger partial charge in [-0.2, -0.15) is 0 Å². The smallest absolute Gasteiger partial charge is 0.343 e. The maximum absolute atomic E-state index is 13.4. The number of nitrogens with one attached hydrogen (secondary N) is 2. The lowest BCUT2D eigenvalue weighted by Gasteiger charge is -2.04. The number of rotatable bonds is 5. The van der Waals surface area contributed by atoms with Crippen LogP contribution in [0.25, 0.3) is 0 Å². The predicted octanol–water partition coefficient (Wildman–Crippen LogP) is 1.78. The number of aromatic amines is 1. The molecule has 1 aromatic heterocycles. The summed E-state index contributed by atoms with van der Waals surface area (Å²) < 4.78 is 27.1. The van der Waals surface area contributed by atoms with Gasteiger partial charge in [-0.25, -0.2) is 18.3 Å². The highest BCUT2D eigenvalue weighted by atomic mass is 19.1. The second-order valence-corrected chi connectivity index (χ2v) is 4.50. The number of halogens is 2. The van der Waals surface area contributed by atoms with Crippen LogP contribution >= 0.6 is 0 Å². The molecular formula is C15H20F2N4O2. The van der Waals surface area contributed by atoms with Crippen LogP contribution in [0.15, 0.2) is 23.0 Å². The van der Waals surface area contributed by atoms with Gasteiger partial charge in [0.05, 0.1) is 0 Å². The topological polar surface area (TPSA) is 79.8 Å². The van der Waals surface area contributed by atoms with Crippen LogP contribution in [-0.4, -0.2) is 27.2 Å². The van der Waals surface area contributed by atoms with Crippen LogP contribution in [0.3, 0.4) is 0 Å². The first-order valence-electron chi connectivity index (χ1n) is 7.33. The summed E-state index contributed by atoms with van der Waals surface area (Å²) in [5.74, 6) is -1.80. The van der Waals surface area contributed by atoms with Gasteiger partial charge in [0.15, 0.2) is 0 Å². The lowest BCUT2D eigenvalue weighted by molar-refractivity contribution is 0.0942. The molecule has 2 N–H and O–H groups in total. The summed E-state index contributed by atoms with van der Waals surface area (Å²) in [5, 5.41) is 6.26. The van der Waals surface area contributed by atoms with Crippen molar-refractivity contribution in [1.82, 2.24) is 20.1 Å². The number of hydrogen-bond acceptors (Lipinski definition) is 3. The molecule has 0 atom stereocenters. The molecule has 0 bridgehead atoms. The van der Waals surface area contributed by atoms with Gasteiger partial charge in [-0.3, -0.25) is 9.78 Å². The molecule has 1 heterocycles. The van der Waals surface area contributed by atoms with Gasteiger partial charge in [-0.05, 0) is 24.5 Å². The number of H-pyrrole nitrogens is 1. The first-order valence-corrected chi connectivity index (χ1v) is 7.33. The second-order valence-electron chi connectivity index (χ2n) is 4.50. The van der Waals surface area contributed by atoms with Crippen molar-refractivity contribution in [2.75, 3.05) is 6.54 Å². The van der Waals surface area contributed by atoms with Crippen molar-refractivity contribution >= 4 is 5.91 Å². The Morgan fingerprint density at radius 3 is 2.61 bits per heavy atom. The van der Waals surface area contributed by atoms with Gasteiger partial charge in [-0.15, -0.1) is 5.10 Å². The van der Waals surface area contributed by atoms with Gasteiger partial charge in [0.25, 0.3) is 5.91 Å². The summed E-state index contributed by atoms with van der Waals surface area (Å²) in [6.45, 7) is 4.29. The van der Waals surface area contributed by atoms with Crippen molar-refractivity contribution in [1.29, 1.82) is 0 Å². The molecule has 0 aliphatic rings. The molecule has 8 heteroatoms. The van der Waals surface area contributed by atoms with Crippen LogP contribution in [0.4, 0.5) is 8.78 Å². The average Bonchev–Trinajstić information content (AvgIpc) is 2.87. The van der Waals surface area contributed by atoms with Crippen molar-refractivity contribution in [2.24, 2.45) is 7.05 Å². The zero-order valence-corrected chi connectivity index (χ0v) is 13.3. The van der Waals surface area contributed by atoms with Gasteiger partial charge in [-0.1, -0.05) is 19.9 Å². The lowest BCUT2D eigenvalue weighted by Crippen LogP contribution is -2.26. The zero-order chi connectivity index (χ0) is 17.4. The third-order valence-electron chi connectivity index (χ3n) is 2.91. The minimum absolute atomic E-state index is 0.0736. The van der Waals surface area contributed by atoms with E-state index in [2.05, 4.69) is 15.4 Å². The largest absolute Gasteiger partial charge is 0.349 e. The molecule has 1 amide bonds. The maximum Gasteiger partial charge on any atom is 0.343 e. The van der Waals surface area contributed by atoms with Gasteiger partial charge < -0.3 is 5.32 Å². The maximum atomic E-state index is 13.4. The Balaban J connectivity index is 0.00000127. The van der Waals surface area contributed by atoms with E-state index in [0.29, 0.717) is 18.4 Å². The third-order valence-corrected chi connectivity index (χ3v) is 2.91. The molecule has 0 aliphatic heterocycles. The highest BCUT2D eigenvalue weighted by molar-refractivity contribution is 5.90. The Labute approximate surface area is 132 Å². The van der Waals surface area contributed by atoms with E-state index in [1.807, 2.05) is 13.8 Å². The van der Waals surface area contributed by atoms with E-state index in [1.165, 1.54) is 19.2 Å². The van der Waals surface area contributed by atoms with Gasteiger partial charge >= 0.3 is 5.69 Å². The average molecular weight is 326 g/mol. The number of carbonyl (C=O) groups is 1. The minimum Gasteiger partial charge on any atom is -0.349 e. The Bertz CT molecular complexity index is 710. The van der Waals surface area contributed by atoms with Crippen molar-refractivity contribution < 1.29 is 13.6 Å². The van der Waals surface area contributed by atoms with Gasteiger partial charge in [0.2, 0.25) is 5.82 Å². The van der Waals surface area contributed by atoms with Crippen molar-refractivity contribution in [3.8, 4) is 0 Å². The van der Waals surface area contributed by atoms with E-state index in [-0.39, 0.29) is 12.4 Å². The quantitative estimate of drug-likeness (QED) is 0.822. The number of aromatic nitrogens is 3. The summed E-state index contributed by atoms with van der Waals surface area (Å²) in [4.78, 5) is 25.1. The Morgan fingerprint density at radius 2 is 2.04 bits per heavy atom. The fraction of sp³-hybridized carbons (Fsp3) is 0.400. The fourth-order valence-electron chi connectivity index (χ4n) is 1.79. The molecule has 126 valence electrons. The predicted molar refractivity (Wildman–Crippen MR) is 82.2 cm³/mol. The molecule has 0 saturated carbocycles. The van der Waals surface area contributed by atoms with Crippen molar-refractivity contribution in [3.05, 3.63) is 51.7 Å². The van der Waals surface area contributed by atoms with Crippen molar-refractivity contribution in [3.63, 3.8) is 0 Å². The first kappa shape index (κ1) is 18.5. The summed E-state index contributed by atoms with van der Waals surface area (Å²) in [6, 6.07) is 3.39. The number of aryl methyl sites for hydroxylation is 2. The van der Waals surface area contributed by atoms with Crippen LogP contribution in [0.5, 0.6) is 0 Å². The Hall–Kier alpha value is -2.51. The number of hydrogen-bond donors (Lipinski definition) is 2. The molecule has 6 nitrogen and oxygen atoms in total. The number of carbonyl (C=O) groups excluding carboxylic acids is 1. The number of benzene rings is 1. The highest BCUT2D eigenvalue weighted by Gasteiger charge is 2.11. The highest BCUT2D eigenvalue weighted by Crippen LogP contribution is 2.11. The molecule has 0 spiro atoms. The van der Waals surface area contributed by atoms with Crippen LogP contribution in [-0.2, 0) is 13.5 Å². The Morgan fingerprint density at radius 1 is 1.35 bits per heavy atom. The summed E-state index contributed by atoms with van der Waals surface area (Å²) in [7, 11) is 1.42. The fourth-order valence-corrected chi connectivity index (χ4v) is 1.79. The molecule has 0 aliphatic carbocycles. The van der Waals surface area contributed by atoms with Crippen molar-refractivity contribution in [2.45, 2.75) is 26.7 Å². The van der Waals surface area contributed by atoms with Gasteiger partial charge in [0.1, 0.15) is 11.6 Å². The monoisotopic (exact) mass is 326 g/mol. The van der Waals surface area contributed by atoms with E-state index < -0.39 is 23.2 Å². The molecule has 0 fully saturated rings. The first-order chi connectivity index (χ1) is 11.0. The molecule has 2 aromatic rings. The van der Waals surface area contributed by atoms with Crippen LogP contribution in [0.2, 0.25) is 0 Å². The van der Waals surface area contributed by atoms with Crippen LogP contribution in [0.1, 0.15) is 36.5 Å². The van der Waals surface area contributed by atoms with E-state index >= 15 is 0 Å². The molecular weight excluding hydrogens is 306 g/mol. The SMILES string of the molecule is CC.Cn1nc(C(=O)NCCCc2ccc(F)cc2F)[nH]c1=O. The van der Waals surface area contributed by atoms with Gasteiger partial charge in [0, 0.05) is 19.7 Å². The molecule has 23 heavy (non-hydrogen) atoms. The van der Waals surface area contributed by atoms with E-state index in [9.17, 15) is 18.4 Å². The zero-order valence-electron chi connectivity index (χ0n) is 13.3. The molecule has 1 aromatic carbocycles. The molecule has 0 saturated heterocycles. The van der Waals surface area contributed by atoms with Crippen LogP contribution < -0.4 is 11.0 Å². The second kappa shape index (κ2) is 8.82.